The summed E-state index contributed by atoms with van der Waals surface area (Å²) in [6.07, 6.45) is 7.27. The Morgan fingerprint density at radius 3 is 2.44 bits per heavy atom. The number of aromatic nitrogens is 2. The molecule has 0 saturated heterocycles. The number of rotatable bonds is 1. The van der Waals surface area contributed by atoms with E-state index in [9.17, 15) is 0 Å². The van der Waals surface area contributed by atoms with Crippen LogP contribution >= 0.6 is 0 Å². The number of fused-ring (bicyclic) bond motifs is 7. The van der Waals surface area contributed by atoms with Gasteiger partial charge >= 0.3 is 0 Å². The lowest BCUT2D eigenvalue weighted by Gasteiger charge is -2.18. The van der Waals surface area contributed by atoms with E-state index in [1.165, 1.54) is 96.6 Å². The smallest absolute Gasteiger partial charge is 0.0823 e. The van der Waals surface area contributed by atoms with Gasteiger partial charge in [-0.1, -0.05) is 66.9 Å². The Kier molecular flexibility index (Phi) is 3.57. The Morgan fingerprint density at radius 1 is 0.735 bits per heavy atom. The van der Waals surface area contributed by atoms with Gasteiger partial charge in [-0.05, 0) is 72.0 Å². The summed E-state index contributed by atoms with van der Waals surface area (Å²) in [6, 6.07) is 23.0. The van der Waals surface area contributed by atoms with Crippen molar-refractivity contribution in [3.63, 3.8) is 0 Å². The van der Waals surface area contributed by atoms with Crippen LogP contribution in [0.1, 0.15) is 48.3 Å². The molecular weight excluding hydrogens is 412 g/mol. The number of aryl methyl sites for hydroxylation is 2. The molecule has 0 N–H and O–H groups in total. The van der Waals surface area contributed by atoms with Crippen LogP contribution in [-0.2, 0) is 0 Å². The minimum atomic E-state index is 0.654. The van der Waals surface area contributed by atoms with Crippen LogP contribution in [0.5, 0.6) is 0 Å². The van der Waals surface area contributed by atoms with Crippen LogP contribution in [0.2, 0.25) is 0 Å². The fourth-order valence-electron chi connectivity index (χ4n) is 6.98. The third-order valence-electron chi connectivity index (χ3n) is 8.51. The van der Waals surface area contributed by atoms with Crippen LogP contribution < -0.4 is 0 Å². The summed E-state index contributed by atoms with van der Waals surface area (Å²) in [4.78, 5) is 4.98. The van der Waals surface area contributed by atoms with Crippen molar-refractivity contribution in [2.75, 3.05) is 0 Å². The van der Waals surface area contributed by atoms with Crippen molar-refractivity contribution in [2.24, 2.45) is 0 Å². The monoisotopic (exact) mass is 438 g/mol. The Balaban J connectivity index is 1.74. The summed E-state index contributed by atoms with van der Waals surface area (Å²) in [7, 11) is 0. The first kappa shape index (κ1) is 18.7. The topological polar surface area (TPSA) is 17.3 Å². The van der Waals surface area contributed by atoms with Gasteiger partial charge < -0.3 is 4.40 Å². The predicted molar refractivity (Wildman–Crippen MR) is 145 cm³/mol. The zero-order chi connectivity index (χ0) is 22.6. The molecule has 7 aromatic rings. The lowest BCUT2D eigenvalue weighted by atomic mass is 9.95. The molecule has 2 nitrogen and oxygen atoms in total. The van der Waals surface area contributed by atoms with Crippen LogP contribution in [0.3, 0.4) is 0 Å². The molecule has 0 spiro atoms. The lowest BCUT2D eigenvalue weighted by molar-refractivity contribution is 0.727. The maximum absolute atomic E-state index is 4.98. The average Bonchev–Trinajstić information content (AvgIpc) is 3.51. The van der Waals surface area contributed by atoms with Crippen LogP contribution in [-0.4, -0.2) is 9.38 Å². The Labute approximate surface area is 198 Å². The first-order valence-corrected chi connectivity index (χ1v) is 12.6. The second-order valence-electron chi connectivity index (χ2n) is 10.4. The van der Waals surface area contributed by atoms with Gasteiger partial charge in [0.05, 0.1) is 22.1 Å². The summed E-state index contributed by atoms with van der Waals surface area (Å²) in [6.45, 7) is 4.50. The molecule has 0 amide bonds. The van der Waals surface area contributed by atoms with Gasteiger partial charge in [0.2, 0.25) is 0 Å². The summed E-state index contributed by atoms with van der Waals surface area (Å²) >= 11 is 0. The highest BCUT2D eigenvalue weighted by atomic mass is 14.9. The number of hydrogen-bond acceptors (Lipinski definition) is 1. The number of nitrogens with zero attached hydrogens (tertiary/aromatic N) is 2. The van der Waals surface area contributed by atoms with Crippen molar-refractivity contribution in [2.45, 2.75) is 45.4 Å². The lowest BCUT2D eigenvalue weighted by Crippen LogP contribution is -2.00. The van der Waals surface area contributed by atoms with Crippen LogP contribution in [0.4, 0.5) is 0 Å². The maximum Gasteiger partial charge on any atom is 0.0823 e. The van der Waals surface area contributed by atoms with E-state index in [0.717, 1.165) is 5.52 Å². The second kappa shape index (κ2) is 6.48. The van der Waals surface area contributed by atoms with Crippen molar-refractivity contribution in [1.82, 2.24) is 9.38 Å². The van der Waals surface area contributed by atoms with Gasteiger partial charge in [0.1, 0.15) is 0 Å². The van der Waals surface area contributed by atoms with E-state index in [1.54, 1.807) is 0 Å². The van der Waals surface area contributed by atoms with Gasteiger partial charge in [0.25, 0.3) is 0 Å². The van der Waals surface area contributed by atoms with E-state index in [1.807, 2.05) is 6.20 Å². The molecule has 1 saturated carbocycles. The Morgan fingerprint density at radius 2 is 1.56 bits per heavy atom. The molecule has 0 aliphatic heterocycles. The minimum Gasteiger partial charge on any atom is -0.307 e. The molecule has 1 aliphatic rings. The summed E-state index contributed by atoms with van der Waals surface area (Å²) in [5.41, 5.74) is 9.39. The van der Waals surface area contributed by atoms with Gasteiger partial charge in [-0.3, -0.25) is 4.98 Å². The van der Waals surface area contributed by atoms with E-state index < -0.39 is 0 Å². The van der Waals surface area contributed by atoms with Crippen molar-refractivity contribution in [1.29, 1.82) is 0 Å². The van der Waals surface area contributed by atoms with Gasteiger partial charge in [0.15, 0.2) is 0 Å². The Bertz CT molecular complexity index is 1930. The molecule has 1 aliphatic carbocycles. The number of benzene rings is 4. The summed E-state index contributed by atoms with van der Waals surface area (Å²) in [5, 5.41) is 9.21. The largest absolute Gasteiger partial charge is 0.307 e. The number of pyridine rings is 2. The van der Waals surface area contributed by atoms with Crippen molar-refractivity contribution in [3.05, 3.63) is 83.6 Å². The average molecular weight is 439 g/mol. The van der Waals surface area contributed by atoms with E-state index in [-0.39, 0.29) is 0 Å². The summed E-state index contributed by atoms with van der Waals surface area (Å²) < 4.78 is 2.63. The molecule has 3 heterocycles. The molecular formula is C32H26N2. The molecule has 0 atom stereocenters. The maximum atomic E-state index is 4.98. The van der Waals surface area contributed by atoms with Crippen LogP contribution in [0.15, 0.2) is 66.9 Å². The van der Waals surface area contributed by atoms with Crippen LogP contribution in [0, 0.1) is 13.8 Å². The number of para-hydroxylation sites is 1. The zero-order valence-corrected chi connectivity index (χ0v) is 19.7. The first-order chi connectivity index (χ1) is 16.7. The third-order valence-corrected chi connectivity index (χ3v) is 8.51. The fourth-order valence-corrected chi connectivity index (χ4v) is 6.98. The molecule has 8 rings (SSSR count). The highest BCUT2D eigenvalue weighted by molar-refractivity contribution is 6.29. The van der Waals surface area contributed by atoms with Gasteiger partial charge in [-0.2, -0.15) is 0 Å². The van der Waals surface area contributed by atoms with E-state index in [2.05, 4.69) is 78.9 Å². The predicted octanol–water partition coefficient (Wildman–Crippen LogP) is 8.81. The molecule has 1 fully saturated rings. The molecule has 34 heavy (non-hydrogen) atoms. The quantitative estimate of drug-likeness (QED) is 0.185. The number of hydrogen-bond donors (Lipinski definition) is 0. The first-order valence-electron chi connectivity index (χ1n) is 12.6. The van der Waals surface area contributed by atoms with Crippen molar-refractivity contribution >= 4 is 59.8 Å². The highest BCUT2D eigenvalue weighted by Gasteiger charge is 2.25. The summed E-state index contributed by atoms with van der Waals surface area (Å²) in [5.74, 6) is 0.654. The Hall–Kier alpha value is -3.65. The molecule has 0 bridgehead atoms. The van der Waals surface area contributed by atoms with E-state index in [0.29, 0.717) is 5.92 Å². The van der Waals surface area contributed by atoms with Crippen molar-refractivity contribution in [3.8, 4) is 0 Å². The van der Waals surface area contributed by atoms with E-state index >= 15 is 0 Å². The van der Waals surface area contributed by atoms with Gasteiger partial charge in [-0.15, -0.1) is 0 Å². The normalized spacial score (nSPS) is 15.4. The molecule has 3 aromatic heterocycles. The SMILES string of the molecule is Cc1ccc2cc3c4nccc5ccc6c7cccc(C8CCCC8)c7n(c3c(C)c2c1)c6c54. The molecule has 4 aromatic carbocycles. The molecule has 164 valence electrons. The van der Waals surface area contributed by atoms with Crippen molar-refractivity contribution < 1.29 is 0 Å². The molecule has 0 radical (unpaired) electrons. The third kappa shape index (κ3) is 2.24. The standard InChI is InChI=1S/C32H26N2/c1-18-10-11-22-17-27-29-28-21(14-15-33-29)12-13-25-24-9-5-8-23(20-6-3-4-7-20)31(24)34(32(25)28)30(27)19(2)26(22)16-18/h5,8-17,20H,3-4,6-7H2,1-2H3. The minimum absolute atomic E-state index is 0.654. The highest BCUT2D eigenvalue weighted by Crippen LogP contribution is 2.46. The molecule has 0 unspecified atom stereocenters. The molecule has 2 heteroatoms. The van der Waals surface area contributed by atoms with Gasteiger partial charge in [-0.25, -0.2) is 0 Å². The fraction of sp³-hybridized carbons (Fsp3) is 0.219. The second-order valence-corrected chi connectivity index (χ2v) is 10.4. The van der Waals surface area contributed by atoms with Crippen LogP contribution in [0.25, 0.3) is 59.8 Å². The zero-order valence-electron chi connectivity index (χ0n) is 19.7. The van der Waals surface area contributed by atoms with Gasteiger partial charge in [0, 0.05) is 27.7 Å². The van der Waals surface area contributed by atoms with E-state index in [4.69, 9.17) is 4.98 Å².